The Labute approximate surface area is 158 Å². The summed E-state index contributed by atoms with van der Waals surface area (Å²) in [6, 6.07) is 24.0. The van der Waals surface area contributed by atoms with E-state index < -0.39 is 0 Å². The normalized spacial score (nSPS) is 10.3. The van der Waals surface area contributed by atoms with Gasteiger partial charge < -0.3 is 10.1 Å². The fourth-order valence-electron chi connectivity index (χ4n) is 2.57. The minimum atomic E-state index is -0.188. The van der Waals surface area contributed by atoms with Crippen LogP contribution in [0.1, 0.15) is 28.8 Å². The van der Waals surface area contributed by atoms with E-state index in [1.54, 1.807) is 36.4 Å². The maximum absolute atomic E-state index is 12.1. The van der Waals surface area contributed by atoms with Crippen molar-refractivity contribution in [1.29, 1.82) is 0 Å². The molecule has 0 aromatic heterocycles. The Balaban J connectivity index is 1.49. The van der Waals surface area contributed by atoms with Crippen molar-refractivity contribution in [3.63, 3.8) is 0 Å². The third-order valence-electron chi connectivity index (χ3n) is 4.07. The summed E-state index contributed by atoms with van der Waals surface area (Å²) in [5, 5.41) is 2.80. The quantitative estimate of drug-likeness (QED) is 0.576. The third-order valence-corrected chi connectivity index (χ3v) is 4.07. The van der Waals surface area contributed by atoms with Crippen LogP contribution in [0.2, 0.25) is 0 Å². The molecular formula is C23H21NO3. The second kappa shape index (κ2) is 8.81. The van der Waals surface area contributed by atoms with Gasteiger partial charge in [-0.1, -0.05) is 48.0 Å². The van der Waals surface area contributed by atoms with E-state index in [1.165, 1.54) is 0 Å². The summed E-state index contributed by atoms with van der Waals surface area (Å²) in [7, 11) is 0. The SMILES string of the molecule is Cc1ccc(C(=O)CCC(=O)Nc2ccc(Oc3ccccc3)cc2)cc1. The molecule has 0 aliphatic rings. The highest BCUT2D eigenvalue weighted by Crippen LogP contribution is 2.22. The number of hydrogen-bond donors (Lipinski definition) is 1. The Bertz CT molecular complexity index is 901. The Kier molecular flexibility index (Phi) is 6.00. The zero-order valence-electron chi connectivity index (χ0n) is 15.1. The highest BCUT2D eigenvalue weighted by molar-refractivity contribution is 6.00. The predicted octanol–water partition coefficient (Wildman–Crippen LogP) is 5.39. The van der Waals surface area contributed by atoms with Gasteiger partial charge in [0, 0.05) is 24.1 Å². The summed E-state index contributed by atoms with van der Waals surface area (Å²) in [5.41, 5.74) is 2.41. The number of rotatable bonds is 7. The summed E-state index contributed by atoms with van der Waals surface area (Å²) in [5.74, 6) is 1.22. The van der Waals surface area contributed by atoms with Gasteiger partial charge in [0.1, 0.15) is 11.5 Å². The maximum Gasteiger partial charge on any atom is 0.224 e. The number of benzene rings is 3. The molecule has 136 valence electrons. The van der Waals surface area contributed by atoms with Crippen molar-refractivity contribution in [2.45, 2.75) is 19.8 Å². The van der Waals surface area contributed by atoms with Crippen molar-refractivity contribution in [1.82, 2.24) is 0 Å². The lowest BCUT2D eigenvalue weighted by Crippen LogP contribution is -2.13. The van der Waals surface area contributed by atoms with Crippen molar-refractivity contribution >= 4 is 17.4 Å². The lowest BCUT2D eigenvalue weighted by Gasteiger charge is -2.08. The number of ketones is 1. The number of hydrogen-bond acceptors (Lipinski definition) is 3. The van der Waals surface area contributed by atoms with Crippen LogP contribution in [0, 0.1) is 6.92 Å². The van der Waals surface area contributed by atoms with Gasteiger partial charge in [-0.05, 0) is 43.3 Å². The first kappa shape index (κ1) is 18.4. The van der Waals surface area contributed by atoms with Crippen LogP contribution in [0.25, 0.3) is 0 Å². The molecule has 4 nitrogen and oxygen atoms in total. The van der Waals surface area contributed by atoms with Crippen LogP contribution >= 0.6 is 0 Å². The van der Waals surface area contributed by atoms with Crippen LogP contribution in [0.3, 0.4) is 0 Å². The van der Waals surface area contributed by atoms with Crippen LogP contribution in [-0.2, 0) is 4.79 Å². The topological polar surface area (TPSA) is 55.4 Å². The molecule has 3 aromatic rings. The maximum atomic E-state index is 12.1. The largest absolute Gasteiger partial charge is 0.457 e. The molecule has 3 rings (SSSR count). The average Bonchev–Trinajstić information content (AvgIpc) is 2.69. The van der Waals surface area contributed by atoms with E-state index in [4.69, 9.17) is 4.74 Å². The number of carbonyl (C=O) groups excluding carboxylic acids is 2. The van der Waals surface area contributed by atoms with E-state index in [2.05, 4.69) is 5.32 Å². The molecule has 0 aliphatic heterocycles. The molecule has 4 heteroatoms. The predicted molar refractivity (Wildman–Crippen MR) is 106 cm³/mol. The van der Waals surface area contributed by atoms with Crippen LogP contribution in [0.5, 0.6) is 11.5 Å². The van der Waals surface area contributed by atoms with E-state index >= 15 is 0 Å². The number of anilines is 1. The van der Waals surface area contributed by atoms with Gasteiger partial charge in [0.15, 0.2) is 5.78 Å². The summed E-state index contributed by atoms with van der Waals surface area (Å²) in [6.07, 6.45) is 0.332. The van der Waals surface area contributed by atoms with Gasteiger partial charge in [-0.25, -0.2) is 0 Å². The lowest BCUT2D eigenvalue weighted by atomic mass is 10.0. The first-order valence-corrected chi connectivity index (χ1v) is 8.83. The summed E-state index contributed by atoms with van der Waals surface area (Å²) < 4.78 is 5.72. The molecule has 0 fully saturated rings. The van der Waals surface area contributed by atoms with Crippen LogP contribution in [-0.4, -0.2) is 11.7 Å². The molecule has 27 heavy (non-hydrogen) atoms. The minimum absolute atomic E-state index is 0.0308. The Morgan fingerprint density at radius 1 is 0.778 bits per heavy atom. The second-order valence-corrected chi connectivity index (χ2v) is 6.28. The molecule has 0 bridgehead atoms. The fourth-order valence-corrected chi connectivity index (χ4v) is 2.57. The van der Waals surface area contributed by atoms with E-state index in [1.807, 2.05) is 49.4 Å². The van der Waals surface area contributed by atoms with E-state index in [9.17, 15) is 9.59 Å². The Hall–Kier alpha value is -3.40. The van der Waals surface area contributed by atoms with Gasteiger partial charge >= 0.3 is 0 Å². The highest BCUT2D eigenvalue weighted by atomic mass is 16.5. The van der Waals surface area contributed by atoms with E-state index in [0.29, 0.717) is 17.0 Å². The molecule has 0 spiro atoms. The molecule has 0 heterocycles. The number of nitrogens with one attached hydrogen (secondary N) is 1. The molecule has 0 aliphatic carbocycles. The zero-order valence-corrected chi connectivity index (χ0v) is 15.1. The molecular weight excluding hydrogens is 338 g/mol. The van der Waals surface area contributed by atoms with Crippen LogP contribution in [0.4, 0.5) is 5.69 Å². The van der Waals surface area contributed by atoms with Crippen molar-refractivity contribution in [2.75, 3.05) is 5.32 Å². The van der Waals surface area contributed by atoms with Gasteiger partial charge in [-0.15, -0.1) is 0 Å². The number of para-hydroxylation sites is 1. The molecule has 1 amide bonds. The molecule has 3 aromatic carbocycles. The minimum Gasteiger partial charge on any atom is -0.457 e. The number of aryl methyl sites for hydroxylation is 1. The molecule has 0 saturated heterocycles. The zero-order chi connectivity index (χ0) is 19.1. The molecule has 0 saturated carbocycles. The number of amides is 1. The Morgan fingerprint density at radius 2 is 1.41 bits per heavy atom. The van der Waals surface area contributed by atoms with Gasteiger partial charge in [-0.2, -0.15) is 0 Å². The van der Waals surface area contributed by atoms with Gasteiger partial charge in [0.05, 0.1) is 0 Å². The molecule has 0 atom stereocenters. The molecule has 0 unspecified atom stereocenters. The number of carbonyl (C=O) groups is 2. The van der Waals surface area contributed by atoms with Crippen LogP contribution < -0.4 is 10.1 Å². The summed E-state index contributed by atoms with van der Waals surface area (Å²) >= 11 is 0. The van der Waals surface area contributed by atoms with Gasteiger partial charge in [-0.3, -0.25) is 9.59 Å². The van der Waals surface area contributed by atoms with Crippen molar-refractivity contribution in [3.8, 4) is 11.5 Å². The van der Waals surface area contributed by atoms with E-state index in [0.717, 1.165) is 11.3 Å². The number of ether oxygens (including phenoxy) is 1. The smallest absolute Gasteiger partial charge is 0.224 e. The highest BCUT2D eigenvalue weighted by Gasteiger charge is 2.09. The monoisotopic (exact) mass is 359 g/mol. The van der Waals surface area contributed by atoms with Crippen molar-refractivity contribution in [2.24, 2.45) is 0 Å². The molecule has 0 radical (unpaired) electrons. The standard InChI is InChI=1S/C23H21NO3/c1-17-7-9-18(10-8-17)22(25)15-16-23(26)24-19-11-13-21(14-12-19)27-20-5-3-2-4-6-20/h2-14H,15-16H2,1H3,(H,24,26). The van der Waals surface area contributed by atoms with Crippen molar-refractivity contribution < 1.29 is 14.3 Å². The second-order valence-electron chi connectivity index (χ2n) is 6.28. The summed E-state index contributed by atoms with van der Waals surface area (Å²) in [6.45, 7) is 1.97. The fraction of sp³-hybridized carbons (Fsp3) is 0.130. The first-order chi connectivity index (χ1) is 13.1. The number of Topliss-reactive ketones (excluding diaryl/α,β-unsaturated/α-hetero) is 1. The van der Waals surface area contributed by atoms with Crippen LogP contribution in [0.15, 0.2) is 78.9 Å². The van der Waals surface area contributed by atoms with Gasteiger partial charge in [0.25, 0.3) is 0 Å². The van der Waals surface area contributed by atoms with Crippen molar-refractivity contribution in [3.05, 3.63) is 90.0 Å². The third kappa shape index (κ3) is 5.54. The first-order valence-electron chi connectivity index (χ1n) is 8.83. The average molecular weight is 359 g/mol. The lowest BCUT2D eigenvalue weighted by molar-refractivity contribution is -0.116. The summed E-state index contributed by atoms with van der Waals surface area (Å²) in [4.78, 5) is 24.2. The molecule has 1 N–H and O–H groups in total. The van der Waals surface area contributed by atoms with E-state index in [-0.39, 0.29) is 24.5 Å². The Morgan fingerprint density at radius 3 is 2.07 bits per heavy atom. The van der Waals surface area contributed by atoms with Gasteiger partial charge in [0.2, 0.25) is 5.91 Å².